The van der Waals surface area contributed by atoms with Gasteiger partial charge in [0, 0.05) is 31.8 Å². The van der Waals surface area contributed by atoms with Crippen molar-refractivity contribution < 1.29 is 9.47 Å². The van der Waals surface area contributed by atoms with Crippen LogP contribution >= 0.6 is 0 Å². The average molecular weight is 329 g/mol. The minimum Gasteiger partial charge on any atom is -0.377 e. The molecule has 0 aromatic carbocycles. The Kier molecular flexibility index (Phi) is 3.38. The van der Waals surface area contributed by atoms with Crippen LogP contribution in [0, 0.1) is 0 Å². The van der Waals surface area contributed by atoms with Gasteiger partial charge in [0.25, 0.3) is 0 Å². The van der Waals surface area contributed by atoms with Gasteiger partial charge in [0.05, 0.1) is 37.7 Å². The van der Waals surface area contributed by atoms with E-state index in [1.54, 1.807) is 0 Å². The zero-order valence-corrected chi connectivity index (χ0v) is 14.0. The lowest BCUT2D eigenvalue weighted by molar-refractivity contribution is 0.0302. The van der Waals surface area contributed by atoms with Gasteiger partial charge in [-0.25, -0.2) is 4.98 Å². The first-order valence-electron chi connectivity index (χ1n) is 8.87. The molecule has 5 heterocycles. The number of fused-ring (bicyclic) bond motifs is 3. The van der Waals surface area contributed by atoms with Crippen LogP contribution in [0.1, 0.15) is 19.8 Å². The molecule has 128 valence electrons. The summed E-state index contributed by atoms with van der Waals surface area (Å²) in [5.41, 5.74) is 0.903. The van der Waals surface area contributed by atoms with E-state index in [1.807, 2.05) is 16.8 Å². The fraction of sp³-hybridized carbons (Fsp3) is 0.647. The Morgan fingerprint density at radius 1 is 1.21 bits per heavy atom. The van der Waals surface area contributed by atoms with Gasteiger partial charge in [-0.1, -0.05) is 0 Å². The Bertz CT molecular complexity index is 736. The van der Waals surface area contributed by atoms with E-state index in [9.17, 15) is 0 Å². The third-order valence-corrected chi connectivity index (χ3v) is 5.36. The van der Waals surface area contributed by atoms with Crippen LogP contribution in [0.4, 0.5) is 11.6 Å². The number of anilines is 2. The molecule has 7 nitrogen and oxygen atoms in total. The SMILES string of the molecule is C[C@@H]1COCCN1c1cc(N2CC3CCC(C2)O3)nc2ccnn12. The number of aromatic nitrogens is 3. The van der Waals surface area contributed by atoms with E-state index in [2.05, 4.69) is 27.9 Å². The molecule has 3 aliphatic heterocycles. The smallest absolute Gasteiger partial charge is 0.159 e. The molecule has 2 unspecified atom stereocenters. The lowest BCUT2D eigenvalue weighted by Gasteiger charge is -2.37. The molecule has 3 atom stereocenters. The van der Waals surface area contributed by atoms with Crippen molar-refractivity contribution in [2.45, 2.75) is 38.0 Å². The molecule has 0 amide bonds. The third-order valence-electron chi connectivity index (χ3n) is 5.36. The Morgan fingerprint density at radius 2 is 2.04 bits per heavy atom. The Hall–Kier alpha value is -1.86. The van der Waals surface area contributed by atoms with Gasteiger partial charge in [0.2, 0.25) is 0 Å². The standard InChI is InChI=1S/C17H23N5O2/c1-12-11-23-7-6-21(12)17-8-16(19-15-4-5-18-22(15)17)20-9-13-2-3-14(10-20)24-13/h4-5,8,12-14H,2-3,6-7,9-11H2,1H3/t12-,13?,14?/m1/s1. The number of morpholine rings is 2. The summed E-state index contributed by atoms with van der Waals surface area (Å²) in [5, 5.41) is 4.49. The Morgan fingerprint density at radius 3 is 2.83 bits per heavy atom. The first kappa shape index (κ1) is 14.5. The average Bonchev–Trinajstić information content (AvgIpc) is 3.20. The zero-order valence-electron chi connectivity index (χ0n) is 14.0. The van der Waals surface area contributed by atoms with Gasteiger partial charge >= 0.3 is 0 Å². The predicted molar refractivity (Wildman–Crippen MR) is 90.7 cm³/mol. The highest BCUT2D eigenvalue weighted by atomic mass is 16.5. The summed E-state index contributed by atoms with van der Waals surface area (Å²) in [6.07, 6.45) is 4.88. The van der Waals surface area contributed by atoms with Gasteiger partial charge in [-0.15, -0.1) is 0 Å². The molecular weight excluding hydrogens is 306 g/mol. The third kappa shape index (κ3) is 2.34. The molecule has 0 spiro atoms. The van der Waals surface area contributed by atoms with Crippen LogP contribution in [0.25, 0.3) is 5.65 Å². The van der Waals surface area contributed by atoms with Crippen molar-refractivity contribution in [3.05, 3.63) is 18.3 Å². The molecule has 3 fully saturated rings. The van der Waals surface area contributed by atoms with Crippen LogP contribution < -0.4 is 9.80 Å². The number of ether oxygens (including phenoxy) is 2. The minimum atomic E-state index is 0.335. The summed E-state index contributed by atoms with van der Waals surface area (Å²) in [4.78, 5) is 9.61. The van der Waals surface area contributed by atoms with Crippen LogP contribution in [0.2, 0.25) is 0 Å². The summed E-state index contributed by atoms with van der Waals surface area (Å²) in [6.45, 7) is 6.46. The molecular formula is C17H23N5O2. The maximum atomic E-state index is 5.97. The van der Waals surface area contributed by atoms with Crippen LogP contribution in [0.3, 0.4) is 0 Å². The van der Waals surface area contributed by atoms with Crippen molar-refractivity contribution >= 4 is 17.3 Å². The van der Waals surface area contributed by atoms with Gasteiger partial charge in [0.1, 0.15) is 11.6 Å². The van der Waals surface area contributed by atoms with Crippen LogP contribution in [-0.4, -0.2) is 65.7 Å². The number of rotatable bonds is 2. The number of nitrogens with zero attached hydrogens (tertiary/aromatic N) is 5. The molecule has 0 saturated carbocycles. The van der Waals surface area contributed by atoms with E-state index in [1.165, 1.54) is 12.8 Å². The second-order valence-corrected chi connectivity index (χ2v) is 7.05. The van der Waals surface area contributed by atoms with E-state index in [0.717, 1.165) is 50.1 Å². The summed E-state index contributed by atoms with van der Waals surface area (Å²) in [5.74, 6) is 2.14. The first-order valence-corrected chi connectivity index (χ1v) is 8.87. The fourth-order valence-corrected chi connectivity index (χ4v) is 4.12. The lowest BCUT2D eigenvalue weighted by Crippen LogP contribution is -2.45. The number of hydrogen-bond donors (Lipinski definition) is 0. The van der Waals surface area contributed by atoms with Crippen molar-refractivity contribution in [2.75, 3.05) is 42.6 Å². The molecule has 2 aromatic rings. The highest BCUT2D eigenvalue weighted by molar-refractivity contribution is 5.59. The molecule has 3 saturated heterocycles. The van der Waals surface area contributed by atoms with Crippen molar-refractivity contribution in [1.82, 2.24) is 14.6 Å². The van der Waals surface area contributed by atoms with Gasteiger partial charge in [-0.2, -0.15) is 9.61 Å². The lowest BCUT2D eigenvalue weighted by atomic mass is 10.2. The molecule has 7 heteroatoms. The molecule has 24 heavy (non-hydrogen) atoms. The Balaban J connectivity index is 1.55. The van der Waals surface area contributed by atoms with Gasteiger partial charge < -0.3 is 19.3 Å². The van der Waals surface area contributed by atoms with E-state index < -0.39 is 0 Å². The van der Waals surface area contributed by atoms with Gasteiger partial charge in [-0.05, 0) is 19.8 Å². The molecule has 0 aliphatic carbocycles. The summed E-state index contributed by atoms with van der Waals surface area (Å²) < 4.78 is 13.5. The van der Waals surface area contributed by atoms with Crippen molar-refractivity contribution in [3.8, 4) is 0 Å². The largest absolute Gasteiger partial charge is 0.377 e. The monoisotopic (exact) mass is 329 g/mol. The minimum absolute atomic E-state index is 0.335. The molecule has 3 aliphatic rings. The van der Waals surface area contributed by atoms with Crippen LogP contribution in [0.5, 0.6) is 0 Å². The van der Waals surface area contributed by atoms with E-state index in [4.69, 9.17) is 14.5 Å². The van der Waals surface area contributed by atoms with E-state index >= 15 is 0 Å². The second-order valence-electron chi connectivity index (χ2n) is 7.05. The zero-order chi connectivity index (χ0) is 16.1. The van der Waals surface area contributed by atoms with Gasteiger partial charge in [-0.3, -0.25) is 0 Å². The first-order chi connectivity index (χ1) is 11.8. The topological polar surface area (TPSA) is 55.1 Å². The Labute approximate surface area is 141 Å². The second kappa shape index (κ2) is 5.60. The fourth-order valence-electron chi connectivity index (χ4n) is 4.12. The normalized spacial score (nSPS) is 30.3. The van der Waals surface area contributed by atoms with Crippen LogP contribution in [-0.2, 0) is 9.47 Å². The van der Waals surface area contributed by atoms with Gasteiger partial charge in [0.15, 0.2) is 5.65 Å². The molecule has 2 bridgehead atoms. The number of hydrogen-bond acceptors (Lipinski definition) is 6. The molecule has 2 aromatic heterocycles. The summed E-state index contributed by atoms with van der Waals surface area (Å²) >= 11 is 0. The van der Waals surface area contributed by atoms with Crippen LogP contribution in [0.15, 0.2) is 18.3 Å². The maximum Gasteiger partial charge on any atom is 0.159 e. The maximum absolute atomic E-state index is 5.97. The summed E-state index contributed by atoms with van der Waals surface area (Å²) in [6, 6.07) is 4.50. The van der Waals surface area contributed by atoms with Crippen molar-refractivity contribution in [1.29, 1.82) is 0 Å². The van der Waals surface area contributed by atoms with E-state index in [-0.39, 0.29) is 0 Å². The molecule has 0 radical (unpaired) electrons. The molecule has 0 N–H and O–H groups in total. The summed E-state index contributed by atoms with van der Waals surface area (Å²) in [7, 11) is 0. The highest BCUT2D eigenvalue weighted by Crippen LogP contribution is 2.31. The van der Waals surface area contributed by atoms with Crippen molar-refractivity contribution in [3.63, 3.8) is 0 Å². The highest BCUT2D eigenvalue weighted by Gasteiger charge is 2.35. The quantitative estimate of drug-likeness (QED) is 0.828. The molecule has 5 rings (SSSR count). The predicted octanol–water partition coefficient (Wildman–Crippen LogP) is 1.32. The van der Waals surface area contributed by atoms with E-state index in [0.29, 0.717) is 18.2 Å². The van der Waals surface area contributed by atoms with Crippen molar-refractivity contribution in [2.24, 2.45) is 0 Å².